The summed E-state index contributed by atoms with van der Waals surface area (Å²) in [5, 5.41) is 4.07. The van der Waals surface area contributed by atoms with Crippen LogP contribution in [0.25, 0.3) is 6.08 Å². The van der Waals surface area contributed by atoms with E-state index in [4.69, 9.17) is 0 Å². The van der Waals surface area contributed by atoms with Gasteiger partial charge in [-0.3, -0.25) is 9.48 Å². The molecule has 0 bridgehead atoms. The van der Waals surface area contributed by atoms with Crippen LogP contribution in [0.5, 0.6) is 0 Å². The first-order chi connectivity index (χ1) is 9.95. The van der Waals surface area contributed by atoms with Gasteiger partial charge in [-0.25, -0.2) is 0 Å². The van der Waals surface area contributed by atoms with Gasteiger partial charge >= 0.3 is 0 Å². The monoisotopic (exact) mass is 283 g/mol. The third-order valence-corrected chi connectivity index (χ3v) is 3.43. The maximum atomic E-state index is 12.1. The van der Waals surface area contributed by atoms with Crippen molar-refractivity contribution < 1.29 is 4.79 Å². The van der Waals surface area contributed by atoms with Crippen molar-refractivity contribution in [1.82, 2.24) is 14.7 Å². The highest BCUT2D eigenvalue weighted by Crippen LogP contribution is 2.13. The lowest BCUT2D eigenvalue weighted by atomic mass is 10.1. The number of aryl methyl sites for hydroxylation is 3. The average Bonchev–Trinajstić information content (AvgIpc) is 2.85. The predicted molar refractivity (Wildman–Crippen MR) is 84.6 cm³/mol. The molecule has 1 heterocycles. The standard InChI is InChI=1S/C17H21N3O/c1-13-5-7-16(14(2)9-13)12-19(3)17(21)8-6-15-10-18-20(4)11-15/h5-11H,12H2,1-4H3/b8-6+. The van der Waals surface area contributed by atoms with E-state index in [0.29, 0.717) is 6.54 Å². The van der Waals surface area contributed by atoms with Crippen molar-refractivity contribution in [2.24, 2.45) is 7.05 Å². The van der Waals surface area contributed by atoms with Gasteiger partial charge in [0.05, 0.1) is 6.20 Å². The minimum Gasteiger partial charge on any atom is -0.338 e. The second kappa shape index (κ2) is 6.39. The predicted octanol–water partition coefficient (Wildman–Crippen LogP) is 2.71. The Hall–Kier alpha value is -2.36. The fraction of sp³-hybridized carbons (Fsp3) is 0.294. The van der Waals surface area contributed by atoms with E-state index in [1.807, 2.05) is 20.3 Å². The summed E-state index contributed by atoms with van der Waals surface area (Å²) < 4.78 is 1.71. The minimum absolute atomic E-state index is 0.0150. The topological polar surface area (TPSA) is 38.1 Å². The lowest BCUT2D eigenvalue weighted by Crippen LogP contribution is -2.24. The van der Waals surface area contributed by atoms with Gasteiger partial charge in [0.2, 0.25) is 5.91 Å². The van der Waals surface area contributed by atoms with E-state index in [9.17, 15) is 4.79 Å². The van der Waals surface area contributed by atoms with Gasteiger partial charge in [0, 0.05) is 38.5 Å². The number of amides is 1. The first kappa shape index (κ1) is 15.0. The highest BCUT2D eigenvalue weighted by atomic mass is 16.2. The zero-order valence-corrected chi connectivity index (χ0v) is 13.0. The highest BCUT2D eigenvalue weighted by molar-refractivity contribution is 5.91. The Morgan fingerprint density at radius 1 is 1.38 bits per heavy atom. The van der Waals surface area contributed by atoms with Gasteiger partial charge in [0.15, 0.2) is 0 Å². The van der Waals surface area contributed by atoms with Crippen LogP contribution in [0.4, 0.5) is 0 Å². The molecule has 1 aromatic heterocycles. The summed E-state index contributed by atoms with van der Waals surface area (Å²) in [6.07, 6.45) is 6.97. The summed E-state index contributed by atoms with van der Waals surface area (Å²) in [6.45, 7) is 4.76. The molecule has 0 unspecified atom stereocenters. The SMILES string of the molecule is Cc1ccc(CN(C)C(=O)/C=C/c2cnn(C)c2)c(C)c1. The lowest BCUT2D eigenvalue weighted by Gasteiger charge is -2.17. The molecule has 0 atom stereocenters. The van der Waals surface area contributed by atoms with Gasteiger partial charge in [-0.05, 0) is 31.1 Å². The molecule has 2 aromatic rings. The molecule has 0 saturated heterocycles. The van der Waals surface area contributed by atoms with Crippen LogP contribution < -0.4 is 0 Å². The van der Waals surface area contributed by atoms with Crippen molar-refractivity contribution >= 4 is 12.0 Å². The summed E-state index contributed by atoms with van der Waals surface area (Å²) in [7, 11) is 3.67. The minimum atomic E-state index is -0.0150. The lowest BCUT2D eigenvalue weighted by molar-refractivity contribution is -0.125. The Balaban J connectivity index is 2.00. The Bertz CT molecular complexity index is 670. The highest BCUT2D eigenvalue weighted by Gasteiger charge is 2.07. The van der Waals surface area contributed by atoms with Crippen LogP contribution in [0, 0.1) is 13.8 Å². The molecular formula is C17H21N3O. The Kier molecular flexibility index (Phi) is 4.58. The molecule has 0 aliphatic heterocycles. The van der Waals surface area contributed by atoms with Crippen molar-refractivity contribution in [1.29, 1.82) is 0 Å². The van der Waals surface area contributed by atoms with E-state index in [-0.39, 0.29) is 5.91 Å². The van der Waals surface area contributed by atoms with Gasteiger partial charge in [0.25, 0.3) is 0 Å². The second-order valence-electron chi connectivity index (χ2n) is 5.40. The number of nitrogens with zero attached hydrogens (tertiary/aromatic N) is 3. The largest absolute Gasteiger partial charge is 0.338 e. The molecule has 1 aromatic carbocycles. The number of benzene rings is 1. The van der Waals surface area contributed by atoms with Crippen LogP contribution in [0.3, 0.4) is 0 Å². The van der Waals surface area contributed by atoms with Crippen LogP contribution in [0.1, 0.15) is 22.3 Å². The molecule has 0 radical (unpaired) electrons. The van der Waals surface area contributed by atoms with Crippen LogP contribution in [-0.4, -0.2) is 27.6 Å². The van der Waals surface area contributed by atoms with E-state index in [0.717, 1.165) is 5.56 Å². The molecule has 4 nitrogen and oxygen atoms in total. The van der Waals surface area contributed by atoms with Crippen LogP contribution in [0.15, 0.2) is 36.7 Å². The van der Waals surface area contributed by atoms with Crippen molar-refractivity contribution in [2.45, 2.75) is 20.4 Å². The first-order valence-electron chi connectivity index (χ1n) is 6.93. The molecule has 4 heteroatoms. The molecule has 0 saturated carbocycles. The molecular weight excluding hydrogens is 262 g/mol. The number of hydrogen-bond donors (Lipinski definition) is 0. The zero-order chi connectivity index (χ0) is 15.4. The Morgan fingerprint density at radius 3 is 2.76 bits per heavy atom. The van der Waals surface area contributed by atoms with Crippen LogP contribution in [-0.2, 0) is 18.4 Å². The maximum absolute atomic E-state index is 12.1. The van der Waals surface area contributed by atoms with E-state index in [2.05, 4.69) is 37.1 Å². The van der Waals surface area contributed by atoms with Gasteiger partial charge in [-0.15, -0.1) is 0 Å². The summed E-state index contributed by atoms with van der Waals surface area (Å²) >= 11 is 0. The number of carbonyl (C=O) groups excluding carboxylic acids is 1. The van der Waals surface area contributed by atoms with E-state index in [1.165, 1.54) is 16.7 Å². The first-order valence-corrected chi connectivity index (χ1v) is 6.93. The van der Waals surface area contributed by atoms with Crippen LogP contribution in [0.2, 0.25) is 0 Å². The molecule has 0 N–H and O–H groups in total. The molecule has 0 aliphatic rings. The summed E-state index contributed by atoms with van der Waals surface area (Å²) in [5.74, 6) is -0.0150. The molecule has 1 amide bonds. The Labute approximate surface area is 125 Å². The van der Waals surface area contributed by atoms with Gasteiger partial charge in [0.1, 0.15) is 0 Å². The molecule has 110 valence electrons. The zero-order valence-electron chi connectivity index (χ0n) is 13.0. The Morgan fingerprint density at radius 2 is 2.14 bits per heavy atom. The number of aromatic nitrogens is 2. The third kappa shape index (κ3) is 4.05. The number of carbonyl (C=O) groups is 1. The van der Waals surface area contributed by atoms with Crippen molar-refractivity contribution in [3.05, 3.63) is 58.9 Å². The molecule has 2 rings (SSSR count). The number of likely N-dealkylation sites (N-methyl/N-ethyl adjacent to an activating group) is 1. The fourth-order valence-corrected chi connectivity index (χ4v) is 2.18. The van der Waals surface area contributed by atoms with Gasteiger partial charge in [-0.2, -0.15) is 5.10 Å². The third-order valence-electron chi connectivity index (χ3n) is 3.43. The quantitative estimate of drug-likeness (QED) is 0.809. The van der Waals surface area contributed by atoms with Crippen molar-refractivity contribution in [3.8, 4) is 0 Å². The van der Waals surface area contributed by atoms with Crippen molar-refractivity contribution in [2.75, 3.05) is 7.05 Å². The average molecular weight is 283 g/mol. The summed E-state index contributed by atoms with van der Waals surface area (Å²) in [6, 6.07) is 6.30. The summed E-state index contributed by atoms with van der Waals surface area (Å²) in [5.41, 5.74) is 4.55. The number of rotatable bonds is 4. The molecule has 0 aliphatic carbocycles. The van der Waals surface area contributed by atoms with E-state index >= 15 is 0 Å². The van der Waals surface area contributed by atoms with Crippen molar-refractivity contribution in [3.63, 3.8) is 0 Å². The smallest absolute Gasteiger partial charge is 0.246 e. The van der Waals surface area contributed by atoms with Crippen LogP contribution >= 0.6 is 0 Å². The normalized spacial score (nSPS) is 11.0. The van der Waals surface area contributed by atoms with Gasteiger partial charge in [-0.1, -0.05) is 23.8 Å². The van der Waals surface area contributed by atoms with E-state index in [1.54, 1.807) is 27.9 Å². The fourth-order valence-electron chi connectivity index (χ4n) is 2.18. The molecule has 0 spiro atoms. The van der Waals surface area contributed by atoms with E-state index < -0.39 is 0 Å². The second-order valence-corrected chi connectivity index (χ2v) is 5.40. The maximum Gasteiger partial charge on any atom is 0.246 e. The summed E-state index contributed by atoms with van der Waals surface area (Å²) in [4.78, 5) is 13.8. The van der Waals surface area contributed by atoms with Gasteiger partial charge < -0.3 is 4.90 Å². The molecule has 0 fully saturated rings. The molecule has 21 heavy (non-hydrogen) atoms. The number of hydrogen-bond acceptors (Lipinski definition) is 2.